The molecule has 0 fully saturated rings. The number of aryl methyl sites for hydroxylation is 2. The highest BCUT2D eigenvalue weighted by Crippen LogP contribution is 2.15. The van der Waals surface area contributed by atoms with Crippen LogP contribution in [0, 0.1) is 13.8 Å². The Hall–Kier alpha value is -2.62. The second-order valence-corrected chi connectivity index (χ2v) is 6.02. The summed E-state index contributed by atoms with van der Waals surface area (Å²) in [4.78, 5) is 24.5. The molecule has 0 aromatic heterocycles. The van der Waals surface area contributed by atoms with Crippen LogP contribution in [0.3, 0.4) is 0 Å². The second kappa shape index (κ2) is 8.29. The van der Waals surface area contributed by atoms with Crippen molar-refractivity contribution < 1.29 is 9.59 Å². The van der Waals surface area contributed by atoms with Gasteiger partial charge in [-0.3, -0.25) is 9.59 Å². The molecule has 0 unspecified atom stereocenters. The van der Waals surface area contributed by atoms with E-state index in [1.54, 1.807) is 24.3 Å². The molecule has 0 spiro atoms. The Morgan fingerprint density at radius 2 is 1.54 bits per heavy atom. The number of hydrogen-bond donors (Lipinski definition) is 2. The van der Waals surface area contributed by atoms with Crippen LogP contribution in [0.1, 0.15) is 51.6 Å². The van der Waals surface area contributed by atoms with E-state index in [1.165, 1.54) is 0 Å². The van der Waals surface area contributed by atoms with E-state index in [0.29, 0.717) is 17.7 Å². The summed E-state index contributed by atoms with van der Waals surface area (Å²) in [6, 6.07) is 12.7. The van der Waals surface area contributed by atoms with Gasteiger partial charge in [-0.05, 0) is 61.7 Å². The van der Waals surface area contributed by atoms with Crippen molar-refractivity contribution in [3.05, 3.63) is 64.7 Å². The normalized spacial score (nSPS) is 10.3. The Labute approximate surface area is 143 Å². The van der Waals surface area contributed by atoms with E-state index in [-0.39, 0.29) is 11.8 Å². The SMILES string of the molecule is CCCCNC(=O)c1cccc(C(=O)Nc2cc(C)cc(C)c2)c1. The van der Waals surface area contributed by atoms with Crippen molar-refractivity contribution in [2.45, 2.75) is 33.6 Å². The third kappa shape index (κ3) is 4.95. The van der Waals surface area contributed by atoms with E-state index in [1.807, 2.05) is 26.0 Å². The van der Waals surface area contributed by atoms with Crippen molar-refractivity contribution in [2.24, 2.45) is 0 Å². The van der Waals surface area contributed by atoms with Gasteiger partial charge in [0.1, 0.15) is 0 Å². The first kappa shape index (κ1) is 17.7. The summed E-state index contributed by atoms with van der Waals surface area (Å²) in [5.74, 6) is -0.368. The van der Waals surface area contributed by atoms with E-state index in [4.69, 9.17) is 0 Å². The highest BCUT2D eigenvalue weighted by molar-refractivity contribution is 6.06. The van der Waals surface area contributed by atoms with Crippen LogP contribution >= 0.6 is 0 Å². The van der Waals surface area contributed by atoms with Crippen molar-refractivity contribution in [1.29, 1.82) is 0 Å². The third-order valence-corrected chi connectivity index (χ3v) is 3.68. The van der Waals surface area contributed by atoms with Crippen LogP contribution in [0.2, 0.25) is 0 Å². The summed E-state index contributed by atoms with van der Waals surface area (Å²) in [6.45, 7) is 6.70. The number of carbonyl (C=O) groups excluding carboxylic acids is 2. The fourth-order valence-corrected chi connectivity index (χ4v) is 2.53. The van der Waals surface area contributed by atoms with E-state index in [0.717, 1.165) is 29.7 Å². The molecule has 0 aliphatic carbocycles. The molecule has 0 radical (unpaired) electrons. The highest BCUT2D eigenvalue weighted by Gasteiger charge is 2.11. The first-order valence-corrected chi connectivity index (χ1v) is 8.27. The van der Waals surface area contributed by atoms with Crippen LogP contribution in [0.15, 0.2) is 42.5 Å². The molecule has 0 heterocycles. The maximum Gasteiger partial charge on any atom is 0.255 e. The number of unbranched alkanes of at least 4 members (excludes halogenated alkanes) is 1. The van der Waals surface area contributed by atoms with Gasteiger partial charge in [0, 0.05) is 23.4 Å². The molecule has 2 N–H and O–H groups in total. The van der Waals surface area contributed by atoms with Gasteiger partial charge in [0.2, 0.25) is 0 Å². The lowest BCUT2D eigenvalue weighted by atomic mass is 10.1. The van der Waals surface area contributed by atoms with E-state index >= 15 is 0 Å². The van der Waals surface area contributed by atoms with Crippen molar-refractivity contribution >= 4 is 17.5 Å². The summed E-state index contributed by atoms with van der Waals surface area (Å²) in [6.07, 6.45) is 1.97. The summed E-state index contributed by atoms with van der Waals surface area (Å²) in [7, 11) is 0. The van der Waals surface area contributed by atoms with Crippen LogP contribution in [0.25, 0.3) is 0 Å². The minimum Gasteiger partial charge on any atom is -0.352 e. The third-order valence-electron chi connectivity index (χ3n) is 3.68. The molecular weight excluding hydrogens is 300 g/mol. The zero-order valence-corrected chi connectivity index (χ0v) is 14.5. The van der Waals surface area contributed by atoms with Gasteiger partial charge >= 0.3 is 0 Å². The molecule has 0 atom stereocenters. The van der Waals surface area contributed by atoms with Gasteiger partial charge in [-0.25, -0.2) is 0 Å². The fraction of sp³-hybridized carbons (Fsp3) is 0.300. The van der Waals surface area contributed by atoms with Crippen molar-refractivity contribution in [3.8, 4) is 0 Å². The molecule has 0 bridgehead atoms. The topological polar surface area (TPSA) is 58.2 Å². The predicted octanol–water partition coefficient (Wildman–Crippen LogP) is 4.09. The van der Waals surface area contributed by atoms with Gasteiger partial charge in [0.15, 0.2) is 0 Å². The van der Waals surface area contributed by atoms with Crippen molar-refractivity contribution in [1.82, 2.24) is 5.32 Å². The summed E-state index contributed by atoms with van der Waals surface area (Å²) >= 11 is 0. The van der Waals surface area contributed by atoms with E-state index in [2.05, 4.69) is 23.6 Å². The molecule has 0 saturated carbocycles. The lowest BCUT2D eigenvalue weighted by Gasteiger charge is -2.09. The number of hydrogen-bond acceptors (Lipinski definition) is 2. The quantitative estimate of drug-likeness (QED) is 0.786. The Balaban J connectivity index is 2.09. The van der Waals surface area contributed by atoms with Crippen molar-refractivity contribution in [2.75, 3.05) is 11.9 Å². The van der Waals surface area contributed by atoms with Crippen LogP contribution in [-0.2, 0) is 0 Å². The number of nitrogens with one attached hydrogen (secondary N) is 2. The molecule has 4 nitrogen and oxygen atoms in total. The number of anilines is 1. The fourth-order valence-electron chi connectivity index (χ4n) is 2.53. The predicted molar refractivity (Wildman–Crippen MR) is 97.6 cm³/mol. The van der Waals surface area contributed by atoms with Crippen LogP contribution in [0.5, 0.6) is 0 Å². The largest absolute Gasteiger partial charge is 0.352 e. The number of rotatable bonds is 6. The van der Waals surface area contributed by atoms with E-state index in [9.17, 15) is 9.59 Å². The maximum atomic E-state index is 12.4. The van der Waals surface area contributed by atoms with Gasteiger partial charge in [-0.15, -0.1) is 0 Å². The standard InChI is InChI=1S/C20H24N2O2/c1-4-5-9-21-19(23)16-7-6-8-17(13-16)20(24)22-18-11-14(2)10-15(3)12-18/h6-8,10-13H,4-5,9H2,1-3H3,(H,21,23)(H,22,24). The lowest BCUT2D eigenvalue weighted by Crippen LogP contribution is -2.24. The Bertz CT molecular complexity index is 718. The summed E-state index contributed by atoms with van der Waals surface area (Å²) in [5.41, 5.74) is 3.91. The smallest absolute Gasteiger partial charge is 0.255 e. The number of benzene rings is 2. The molecule has 4 heteroatoms. The van der Waals surface area contributed by atoms with Crippen LogP contribution in [-0.4, -0.2) is 18.4 Å². The van der Waals surface area contributed by atoms with Crippen LogP contribution in [0.4, 0.5) is 5.69 Å². The minimum atomic E-state index is -0.219. The maximum absolute atomic E-state index is 12.4. The second-order valence-electron chi connectivity index (χ2n) is 6.02. The Morgan fingerprint density at radius 1 is 0.917 bits per heavy atom. The zero-order chi connectivity index (χ0) is 17.5. The average Bonchev–Trinajstić information content (AvgIpc) is 2.54. The molecule has 0 aliphatic rings. The van der Waals surface area contributed by atoms with Gasteiger partial charge in [-0.1, -0.05) is 25.5 Å². The van der Waals surface area contributed by atoms with Crippen LogP contribution < -0.4 is 10.6 Å². The molecule has 2 aromatic carbocycles. The minimum absolute atomic E-state index is 0.149. The first-order valence-electron chi connectivity index (χ1n) is 8.27. The Morgan fingerprint density at radius 3 is 2.17 bits per heavy atom. The molecule has 0 aliphatic heterocycles. The first-order chi connectivity index (χ1) is 11.5. The summed E-state index contributed by atoms with van der Waals surface area (Å²) < 4.78 is 0. The lowest BCUT2D eigenvalue weighted by molar-refractivity contribution is 0.0953. The molecule has 24 heavy (non-hydrogen) atoms. The summed E-state index contributed by atoms with van der Waals surface area (Å²) in [5, 5.41) is 5.75. The highest BCUT2D eigenvalue weighted by atomic mass is 16.2. The van der Waals surface area contributed by atoms with Gasteiger partial charge < -0.3 is 10.6 Å². The molecule has 0 saturated heterocycles. The van der Waals surface area contributed by atoms with Gasteiger partial charge in [0.05, 0.1) is 0 Å². The molecule has 2 rings (SSSR count). The number of amides is 2. The zero-order valence-electron chi connectivity index (χ0n) is 14.5. The van der Waals surface area contributed by atoms with Crippen molar-refractivity contribution in [3.63, 3.8) is 0 Å². The van der Waals surface area contributed by atoms with E-state index < -0.39 is 0 Å². The number of carbonyl (C=O) groups is 2. The van der Waals surface area contributed by atoms with Gasteiger partial charge in [0.25, 0.3) is 11.8 Å². The molecular formula is C20H24N2O2. The van der Waals surface area contributed by atoms with Gasteiger partial charge in [-0.2, -0.15) is 0 Å². The molecule has 126 valence electrons. The Kier molecular flexibility index (Phi) is 6.13. The molecule has 2 aromatic rings. The average molecular weight is 324 g/mol. The monoisotopic (exact) mass is 324 g/mol. The molecule has 2 amide bonds.